The molecule has 86 valence electrons. The van der Waals surface area contributed by atoms with Crippen LogP contribution in [0.25, 0.3) is 0 Å². The summed E-state index contributed by atoms with van der Waals surface area (Å²) in [5, 5.41) is 8.58. The quantitative estimate of drug-likeness (QED) is 0.795. The van der Waals surface area contributed by atoms with Crippen molar-refractivity contribution in [3.8, 4) is 6.07 Å². The van der Waals surface area contributed by atoms with Gasteiger partial charge in [-0.3, -0.25) is 0 Å². The molecule has 0 aliphatic rings. The van der Waals surface area contributed by atoms with Crippen molar-refractivity contribution in [1.82, 2.24) is 0 Å². The topological polar surface area (TPSA) is 53.0 Å². The number of hydrogen-bond acceptors (Lipinski definition) is 3. The summed E-state index contributed by atoms with van der Waals surface area (Å²) in [4.78, 5) is 1.96. The first-order valence-corrected chi connectivity index (χ1v) is 5.24. The van der Waals surface area contributed by atoms with Crippen LogP contribution >= 0.6 is 0 Å². The molecule has 16 heavy (non-hydrogen) atoms. The molecule has 1 aromatic carbocycles. The molecule has 1 rings (SSSR count). The van der Waals surface area contributed by atoms with Gasteiger partial charge in [0.25, 0.3) is 0 Å². The standard InChI is InChI=1S/C12H16FN3/c1-9(2)16(5-3-4-14)12-7-10(13)6-11(15)8-12/h6-9H,3,5,15H2,1-2H3. The van der Waals surface area contributed by atoms with Crippen molar-refractivity contribution in [3.05, 3.63) is 24.0 Å². The second kappa shape index (κ2) is 5.36. The van der Waals surface area contributed by atoms with E-state index in [4.69, 9.17) is 11.0 Å². The van der Waals surface area contributed by atoms with Crippen LogP contribution in [0.1, 0.15) is 20.3 Å². The molecule has 1 aromatic rings. The summed E-state index contributed by atoms with van der Waals surface area (Å²) in [5.74, 6) is -0.349. The lowest BCUT2D eigenvalue weighted by Crippen LogP contribution is -2.31. The minimum Gasteiger partial charge on any atom is -0.399 e. The zero-order chi connectivity index (χ0) is 12.1. The van der Waals surface area contributed by atoms with E-state index in [0.29, 0.717) is 18.7 Å². The second-order valence-corrected chi connectivity index (χ2v) is 3.94. The largest absolute Gasteiger partial charge is 0.399 e. The van der Waals surface area contributed by atoms with Gasteiger partial charge in [-0.25, -0.2) is 4.39 Å². The summed E-state index contributed by atoms with van der Waals surface area (Å²) >= 11 is 0. The van der Waals surface area contributed by atoms with Crippen molar-refractivity contribution in [2.45, 2.75) is 26.3 Å². The summed E-state index contributed by atoms with van der Waals surface area (Å²) in [6.45, 7) is 4.58. The molecule has 0 heterocycles. The Morgan fingerprint density at radius 2 is 2.12 bits per heavy atom. The van der Waals surface area contributed by atoms with Gasteiger partial charge in [-0.15, -0.1) is 0 Å². The Morgan fingerprint density at radius 1 is 1.44 bits per heavy atom. The van der Waals surface area contributed by atoms with Crippen LogP contribution in [0.4, 0.5) is 15.8 Å². The van der Waals surface area contributed by atoms with E-state index in [1.54, 1.807) is 6.07 Å². The fourth-order valence-corrected chi connectivity index (χ4v) is 1.62. The van der Waals surface area contributed by atoms with Gasteiger partial charge >= 0.3 is 0 Å². The van der Waals surface area contributed by atoms with Gasteiger partial charge in [0.15, 0.2) is 0 Å². The number of nitrogen functional groups attached to an aromatic ring is 1. The average molecular weight is 221 g/mol. The van der Waals surface area contributed by atoms with Crippen LogP contribution in [-0.2, 0) is 0 Å². The summed E-state index contributed by atoms with van der Waals surface area (Å²) in [5.41, 5.74) is 6.72. The molecule has 0 atom stereocenters. The van der Waals surface area contributed by atoms with Gasteiger partial charge < -0.3 is 10.6 Å². The van der Waals surface area contributed by atoms with E-state index in [1.165, 1.54) is 12.1 Å². The van der Waals surface area contributed by atoms with Gasteiger partial charge in [-0.1, -0.05) is 0 Å². The number of nitrogens with zero attached hydrogens (tertiary/aromatic N) is 2. The first-order chi connectivity index (χ1) is 7.54. The molecule has 0 bridgehead atoms. The highest BCUT2D eigenvalue weighted by Crippen LogP contribution is 2.22. The molecular formula is C12H16FN3. The Labute approximate surface area is 95.3 Å². The highest BCUT2D eigenvalue weighted by Gasteiger charge is 2.11. The molecule has 0 aliphatic heterocycles. The molecule has 2 N–H and O–H groups in total. The molecule has 0 spiro atoms. The third kappa shape index (κ3) is 3.13. The molecular weight excluding hydrogens is 205 g/mol. The molecule has 0 saturated heterocycles. The monoisotopic (exact) mass is 221 g/mol. The van der Waals surface area contributed by atoms with Crippen LogP contribution in [0.15, 0.2) is 18.2 Å². The molecule has 0 radical (unpaired) electrons. The zero-order valence-electron chi connectivity index (χ0n) is 9.57. The summed E-state index contributed by atoms with van der Waals surface area (Å²) < 4.78 is 13.2. The fraction of sp³-hybridized carbons (Fsp3) is 0.417. The van der Waals surface area contributed by atoms with Gasteiger partial charge in [0.05, 0.1) is 12.5 Å². The second-order valence-electron chi connectivity index (χ2n) is 3.94. The highest BCUT2D eigenvalue weighted by atomic mass is 19.1. The maximum Gasteiger partial charge on any atom is 0.127 e. The predicted octanol–water partition coefficient (Wildman–Crippen LogP) is 2.54. The average Bonchev–Trinajstić information content (AvgIpc) is 2.16. The van der Waals surface area contributed by atoms with Gasteiger partial charge in [-0.2, -0.15) is 5.26 Å². The summed E-state index contributed by atoms with van der Waals surface area (Å²) in [6.07, 6.45) is 0.411. The normalized spacial score (nSPS) is 10.2. The van der Waals surface area contributed by atoms with Gasteiger partial charge in [0.2, 0.25) is 0 Å². The number of hydrogen-bond donors (Lipinski definition) is 1. The number of nitriles is 1. The number of benzene rings is 1. The van der Waals surface area contributed by atoms with E-state index in [1.807, 2.05) is 18.7 Å². The SMILES string of the molecule is CC(C)N(CCC#N)c1cc(N)cc(F)c1. The first kappa shape index (κ1) is 12.3. The van der Waals surface area contributed by atoms with Crippen molar-refractivity contribution >= 4 is 11.4 Å². The molecule has 0 unspecified atom stereocenters. The summed E-state index contributed by atoms with van der Waals surface area (Å²) in [6, 6.07) is 6.73. The molecule has 0 fully saturated rings. The minimum absolute atomic E-state index is 0.203. The molecule has 0 saturated carbocycles. The van der Waals surface area contributed by atoms with Crippen molar-refractivity contribution in [2.24, 2.45) is 0 Å². The third-order valence-corrected chi connectivity index (χ3v) is 2.32. The molecule has 3 nitrogen and oxygen atoms in total. The van der Waals surface area contributed by atoms with E-state index in [-0.39, 0.29) is 11.9 Å². The van der Waals surface area contributed by atoms with Crippen molar-refractivity contribution in [2.75, 3.05) is 17.2 Å². The van der Waals surface area contributed by atoms with Crippen molar-refractivity contribution in [1.29, 1.82) is 5.26 Å². The van der Waals surface area contributed by atoms with Crippen LogP contribution in [0.5, 0.6) is 0 Å². The van der Waals surface area contributed by atoms with Crippen LogP contribution in [0.2, 0.25) is 0 Å². The molecule has 0 aromatic heterocycles. The Bertz CT molecular complexity index is 375. The van der Waals surface area contributed by atoms with Gasteiger partial charge in [0.1, 0.15) is 5.82 Å². The zero-order valence-corrected chi connectivity index (χ0v) is 9.57. The van der Waals surface area contributed by atoms with E-state index in [9.17, 15) is 4.39 Å². The number of rotatable bonds is 4. The van der Waals surface area contributed by atoms with Gasteiger partial charge in [-0.05, 0) is 32.0 Å². The van der Waals surface area contributed by atoms with Crippen molar-refractivity contribution in [3.63, 3.8) is 0 Å². The van der Waals surface area contributed by atoms with Crippen molar-refractivity contribution < 1.29 is 4.39 Å². The summed E-state index contributed by atoms with van der Waals surface area (Å²) in [7, 11) is 0. The highest BCUT2D eigenvalue weighted by molar-refractivity contribution is 5.56. The Kier molecular flexibility index (Phi) is 4.12. The Balaban J connectivity index is 2.96. The number of anilines is 2. The Hall–Kier alpha value is -1.76. The fourth-order valence-electron chi connectivity index (χ4n) is 1.62. The van der Waals surface area contributed by atoms with Crippen LogP contribution < -0.4 is 10.6 Å². The lowest BCUT2D eigenvalue weighted by molar-refractivity contribution is 0.623. The van der Waals surface area contributed by atoms with Crippen LogP contribution in [0, 0.1) is 17.1 Å². The Morgan fingerprint density at radius 3 is 2.62 bits per heavy atom. The van der Waals surface area contributed by atoms with Crippen LogP contribution in [0.3, 0.4) is 0 Å². The van der Waals surface area contributed by atoms with Gasteiger partial charge in [0, 0.05) is 24.0 Å². The van der Waals surface area contributed by atoms with E-state index < -0.39 is 0 Å². The molecule has 0 amide bonds. The molecule has 4 heteroatoms. The van der Waals surface area contributed by atoms with E-state index >= 15 is 0 Å². The first-order valence-electron chi connectivity index (χ1n) is 5.24. The minimum atomic E-state index is -0.349. The van der Waals surface area contributed by atoms with Crippen LogP contribution in [-0.4, -0.2) is 12.6 Å². The predicted molar refractivity (Wildman–Crippen MR) is 63.5 cm³/mol. The van der Waals surface area contributed by atoms with E-state index in [0.717, 1.165) is 5.69 Å². The maximum atomic E-state index is 13.2. The number of nitrogens with two attached hydrogens (primary N) is 1. The number of halogens is 1. The maximum absolute atomic E-state index is 13.2. The lowest BCUT2D eigenvalue weighted by Gasteiger charge is -2.28. The van der Waals surface area contributed by atoms with E-state index in [2.05, 4.69) is 6.07 Å². The lowest BCUT2D eigenvalue weighted by atomic mass is 10.2. The molecule has 0 aliphatic carbocycles. The third-order valence-electron chi connectivity index (χ3n) is 2.32. The smallest absolute Gasteiger partial charge is 0.127 e.